The quantitative estimate of drug-likeness (QED) is 0.419. The fraction of sp³-hybridized carbons (Fsp3) is 0.625. The van der Waals surface area contributed by atoms with Gasteiger partial charge < -0.3 is 9.47 Å². The Bertz CT molecular complexity index is 256. The number of rotatable bonds is 7. The first-order valence-corrected chi connectivity index (χ1v) is 7.15. The van der Waals surface area contributed by atoms with Crippen LogP contribution in [0.25, 0.3) is 0 Å². The van der Waals surface area contributed by atoms with Gasteiger partial charge in [-0.05, 0) is 13.8 Å². The molecule has 0 aliphatic heterocycles. The molecule has 0 aromatic heterocycles. The van der Waals surface area contributed by atoms with E-state index in [2.05, 4.69) is 36.5 Å². The molecule has 0 bridgehead atoms. The maximum atomic E-state index is 13.1. The van der Waals surface area contributed by atoms with E-state index in [9.17, 15) is 8.78 Å². The van der Waals surface area contributed by atoms with E-state index in [0.717, 1.165) is 0 Å². The molecule has 0 spiro atoms. The average molecular weight is 292 g/mol. The highest BCUT2D eigenvalue weighted by Crippen LogP contribution is 2.22. The fourth-order valence-corrected chi connectivity index (χ4v) is 0.720. The van der Waals surface area contributed by atoms with Crippen molar-refractivity contribution in [2.24, 2.45) is 0 Å². The number of ether oxygens (including phenoxy) is 2. The fourth-order valence-electron chi connectivity index (χ4n) is 0.720. The maximum Gasteiger partial charge on any atom is 0.203 e. The van der Waals surface area contributed by atoms with E-state index in [1.54, 1.807) is 13.8 Å². The predicted molar refractivity (Wildman–Crippen MR) is 82.7 cm³/mol. The summed E-state index contributed by atoms with van der Waals surface area (Å²) in [6, 6.07) is 0. The van der Waals surface area contributed by atoms with Crippen LogP contribution >= 0.6 is 0 Å². The van der Waals surface area contributed by atoms with Crippen molar-refractivity contribution >= 4 is 0 Å². The van der Waals surface area contributed by atoms with Crippen molar-refractivity contribution in [3.05, 3.63) is 36.3 Å². The molecule has 4 heteroatoms. The summed E-state index contributed by atoms with van der Waals surface area (Å²) in [6.07, 6.45) is 2.64. The lowest BCUT2D eigenvalue weighted by molar-refractivity contribution is 0.208. The zero-order valence-electron chi connectivity index (χ0n) is 13.8. The predicted octanol–water partition coefficient (Wildman–Crippen LogP) is 6.07. The van der Waals surface area contributed by atoms with E-state index in [4.69, 9.17) is 0 Å². The van der Waals surface area contributed by atoms with Crippen LogP contribution in [0.4, 0.5) is 8.78 Å². The van der Waals surface area contributed by atoms with Gasteiger partial charge in [0.2, 0.25) is 11.7 Å². The molecule has 0 aliphatic carbocycles. The Balaban J connectivity index is -0.000000410. The summed E-state index contributed by atoms with van der Waals surface area (Å²) in [5.41, 5.74) is 0. The topological polar surface area (TPSA) is 18.5 Å². The van der Waals surface area contributed by atoms with Crippen LogP contribution in [0.1, 0.15) is 54.4 Å². The van der Waals surface area contributed by atoms with Crippen molar-refractivity contribution in [3.8, 4) is 0 Å². The van der Waals surface area contributed by atoms with Crippen molar-refractivity contribution in [1.29, 1.82) is 0 Å². The van der Waals surface area contributed by atoms with Crippen LogP contribution in [-0.4, -0.2) is 13.2 Å². The normalized spacial score (nSPS) is 10.0. The number of allylic oxidation sites excluding steroid dienone is 2. The van der Waals surface area contributed by atoms with Crippen molar-refractivity contribution in [2.45, 2.75) is 54.4 Å². The largest absolute Gasteiger partial charge is 0.491 e. The summed E-state index contributed by atoms with van der Waals surface area (Å²) in [7, 11) is 0. The zero-order valence-corrected chi connectivity index (χ0v) is 13.8. The second kappa shape index (κ2) is 17.7. The molecular weight excluding hydrogens is 262 g/mol. The molecule has 0 N–H and O–H groups in total. The van der Waals surface area contributed by atoms with Crippen molar-refractivity contribution < 1.29 is 18.3 Å². The Hall–Kier alpha value is -1.32. The highest BCUT2D eigenvalue weighted by molar-refractivity contribution is 5.29. The second-order valence-electron chi connectivity index (χ2n) is 3.34. The number of unbranched alkanes of at least 4 members (excludes halogenated alkanes) is 1. The lowest BCUT2D eigenvalue weighted by Gasteiger charge is -2.07. The number of hydrogen-bond donors (Lipinski definition) is 0. The highest BCUT2D eigenvalue weighted by atomic mass is 19.2. The average Bonchev–Trinajstić information content (AvgIpc) is 2.48. The minimum absolute atomic E-state index is 0.223. The molecule has 0 heterocycles. The molecular formula is C16H30F2O2. The summed E-state index contributed by atoms with van der Waals surface area (Å²) in [6.45, 7) is 18.5. The van der Waals surface area contributed by atoms with Crippen LogP contribution in [0.3, 0.4) is 0 Å². The monoisotopic (exact) mass is 292 g/mol. The van der Waals surface area contributed by atoms with Gasteiger partial charge in [0, 0.05) is 0 Å². The maximum absolute atomic E-state index is 13.1. The van der Waals surface area contributed by atoms with Gasteiger partial charge in [-0.3, -0.25) is 0 Å². The van der Waals surface area contributed by atoms with Gasteiger partial charge in [-0.2, -0.15) is 8.78 Å². The molecule has 0 aromatic rings. The minimum Gasteiger partial charge on any atom is -0.491 e. The molecule has 120 valence electrons. The molecule has 0 atom stereocenters. The van der Waals surface area contributed by atoms with E-state index in [1.165, 1.54) is 12.8 Å². The van der Waals surface area contributed by atoms with Gasteiger partial charge in [-0.15, -0.1) is 0 Å². The second-order valence-corrected chi connectivity index (χ2v) is 3.34. The summed E-state index contributed by atoms with van der Waals surface area (Å²) in [5, 5.41) is 0. The number of halogens is 2. The Kier molecular flexibility index (Phi) is 21.0. The van der Waals surface area contributed by atoms with Gasteiger partial charge in [0.05, 0.1) is 13.2 Å². The van der Waals surface area contributed by atoms with Gasteiger partial charge in [-0.25, -0.2) is 0 Å². The molecule has 20 heavy (non-hydrogen) atoms. The summed E-state index contributed by atoms with van der Waals surface area (Å²) in [5.74, 6) is -3.06. The number of hydrogen-bond acceptors (Lipinski definition) is 2. The van der Waals surface area contributed by atoms with Gasteiger partial charge >= 0.3 is 0 Å². The molecule has 0 aromatic carbocycles. The van der Waals surface area contributed by atoms with Crippen LogP contribution in [0.5, 0.6) is 0 Å². The summed E-state index contributed by atoms with van der Waals surface area (Å²) in [4.78, 5) is 0. The molecule has 0 aliphatic rings. The van der Waals surface area contributed by atoms with Gasteiger partial charge in [0.15, 0.2) is 11.5 Å². The molecule has 0 amide bonds. The van der Waals surface area contributed by atoms with E-state index in [1.807, 2.05) is 13.8 Å². The third-order valence-corrected chi connectivity index (χ3v) is 1.82. The first-order chi connectivity index (χ1) is 9.45. The standard InChI is InChI=1S/C10H14F2O2.C4H10.C2H6/c1-5-13-7(3)9(11)10(12)8(4)14-6-2;1-3-4-2;1-2/h3-6H2,1-2H3;3-4H2,1-2H3;1-2H3/b10-9-;;. The van der Waals surface area contributed by atoms with Crippen molar-refractivity contribution in [1.82, 2.24) is 0 Å². The smallest absolute Gasteiger partial charge is 0.203 e. The third kappa shape index (κ3) is 13.1. The van der Waals surface area contributed by atoms with Crippen molar-refractivity contribution in [2.75, 3.05) is 13.2 Å². The Morgan fingerprint density at radius 3 is 1.15 bits per heavy atom. The van der Waals surface area contributed by atoms with Gasteiger partial charge in [0.25, 0.3) is 0 Å². The van der Waals surface area contributed by atoms with E-state index < -0.39 is 11.7 Å². The first-order valence-electron chi connectivity index (χ1n) is 7.15. The molecule has 0 saturated carbocycles. The molecule has 0 saturated heterocycles. The summed E-state index contributed by atoms with van der Waals surface area (Å²) >= 11 is 0. The molecule has 0 radical (unpaired) electrons. The first kappa shape index (κ1) is 23.7. The van der Waals surface area contributed by atoms with E-state index in [-0.39, 0.29) is 24.7 Å². The van der Waals surface area contributed by atoms with E-state index in [0.29, 0.717) is 0 Å². The SMILES string of the molecule is C=C(OCC)/C(F)=C(/F)C(=C)OCC.CC.CCCC. The minimum atomic E-state index is -1.18. The molecule has 2 nitrogen and oxygen atoms in total. The molecule has 0 rings (SSSR count). The van der Waals surface area contributed by atoms with Crippen LogP contribution < -0.4 is 0 Å². The van der Waals surface area contributed by atoms with Crippen molar-refractivity contribution in [3.63, 3.8) is 0 Å². The summed E-state index contributed by atoms with van der Waals surface area (Å²) < 4.78 is 35.6. The van der Waals surface area contributed by atoms with Crippen LogP contribution in [-0.2, 0) is 9.47 Å². The van der Waals surface area contributed by atoms with Crippen LogP contribution in [0, 0.1) is 0 Å². The van der Waals surface area contributed by atoms with Crippen LogP contribution in [0.2, 0.25) is 0 Å². The van der Waals surface area contributed by atoms with Gasteiger partial charge in [-0.1, -0.05) is 53.7 Å². The van der Waals surface area contributed by atoms with Crippen LogP contribution in [0.15, 0.2) is 36.3 Å². The lowest BCUT2D eigenvalue weighted by Crippen LogP contribution is -1.97. The van der Waals surface area contributed by atoms with E-state index >= 15 is 0 Å². The Morgan fingerprint density at radius 1 is 0.750 bits per heavy atom. The Morgan fingerprint density at radius 2 is 1.00 bits per heavy atom. The third-order valence-electron chi connectivity index (χ3n) is 1.82. The molecule has 0 fully saturated rings. The highest BCUT2D eigenvalue weighted by Gasteiger charge is 2.14. The Labute approximate surface area is 123 Å². The molecule has 0 unspecified atom stereocenters. The zero-order chi connectivity index (χ0) is 16.6. The van der Waals surface area contributed by atoms with Gasteiger partial charge in [0.1, 0.15) is 0 Å². The lowest BCUT2D eigenvalue weighted by atomic mass is 10.3.